The minimum Gasteiger partial charge on any atom is -0.391 e. The molecule has 0 aromatic carbocycles. The van der Waals surface area contributed by atoms with E-state index >= 15 is 0 Å². The molecule has 8 nitrogen and oxygen atoms in total. The fourth-order valence-electron chi connectivity index (χ4n) is 3.60. The van der Waals surface area contributed by atoms with Gasteiger partial charge in [-0.1, -0.05) is 0 Å². The van der Waals surface area contributed by atoms with E-state index in [1.165, 1.54) is 37.7 Å². The first kappa shape index (κ1) is 19.5. The summed E-state index contributed by atoms with van der Waals surface area (Å²) in [4.78, 5) is 13.3. The van der Waals surface area contributed by atoms with Gasteiger partial charge in [0.05, 0.1) is 11.9 Å². The van der Waals surface area contributed by atoms with E-state index in [0.29, 0.717) is 19.6 Å². The van der Waals surface area contributed by atoms with Crippen molar-refractivity contribution in [2.24, 2.45) is 5.92 Å². The number of β-amino-alcohol motifs (C(OH)–C–C–N with tert-alkyl or cyclic N) is 1. The van der Waals surface area contributed by atoms with Gasteiger partial charge in [-0.15, -0.1) is 0 Å². The molecule has 9 heteroatoms. The molecule has 3 rings (SSSR count). The van der Waals surface area contributed by atoms with Crippen molar-refractivity contribution in [2.75, 3.05) is 50.9 Å². The zero-order valence-electron chi connectivity index (χ0n) is 15.6. The smallest absolute Gasteiger partial charge is 0.225 e. The van der Waals surface area contributed by atoms with Crippen molar-refractivity contribution in [3.63, 3.8) is 0 Å². The summed E-state index contributed by atoms with van der Waals surface area (Å²) in [7, 11) is -0.265. The molecule has 0 bridgehead atoms. The van der Waals surface area contributed by atoms with Gasteiger partial charge in [0.15, 0.2) is 0 Å². The molecule has 1 N–H and O–H groups in total. The number of anilines is 1. The van der Waals surface area contributed by atoms with Gasteiger partial charge < -0.3 is 10.0 Å². The van der Waals surface area contributed by atoms with Gasteiger partial charge in [-0.2, -0.15) is 0 Å². The molecule has 2 aliphatic rings. The predicted octanol–water partition coefficient (Wildman–Crippen LogP) is 0.151. The Morgan fingerprint density at radius 2 is 1.81 bits per heavy atom. The van der Waals surface area contributed by atoms with Crippen LogP contribution < -0.4 is 4.90 Å². The first-order valence-corrected chi connectivity index (χ1v) is 10.8. The Morgan fingerprint density at radius 1 is 1.15 bits per heavy atom. The summed E-state index contributed by atoms with van der Waals surface area (Å²) in [6.07, 6.45) is 6.71. The maximum atomic E-state index is 12.1. The van der Waals surface area contributed by atoms with Crippen LogP contribution in [0, 0.1) is 5.92 Å². The fourth-order valence-corrected chi connectivity index (χ4v) is 4.77. The molecule has 0 unspecified atom stereocenters. The monoisotopic (exact) mass is 383 g/mol. The van der Waals surface area contributed by atoms with E-state index in [1.807, 2.05) is 12.4 Å². The van der Waals surface area contributed by atoms with Crippen LogP contribution in [0.15, 0.2) is 12.4 Å². The Kier molecular flexibility index (Phi) is 6.11. The van der Waals surface area contributed by atoms with E-state index in [2.05, 4.69) is 19.8 Å². The van der Waals surface area contributed by atoms with Crippen LogP contribution in [0.2, 0.25) is 0 Å². The van der Waals surface area contributed by atoms with E-state index in [1.54, 1.807) is 0 Å². The Balaban J connectivity index is 1.56. The largest absolute Gasteiger partial charge is 0.391 e. The van der Waals surface area contributed by atoms with Crippen LogP contribution in [0.3, 0.4) is 0 Å². The van der Waals surface area contributed by atoms with Gasteiger partial charge in [0.1, 0.15) is 0 Å². The van der Waals surface area contributed by atoms with Crippen molar-refractivity contribution >= 4 is 16.0 Å². The Morgan fingerprint density at radius 3 is 2.42 bits per heavy atom. The van der Waals surface area contributed by atoms with Crippen molar-refractivity contribution in [1.29, 1.82) is 0 Å². The van der Waals surface area contributed by atoms with E-state index in [9.17, 15) is 13.5 Å². The molecule has 0 aliphatic carbocycles. The first-order chi connectivity index (χ1) is 12.3. The van der Waals surface area contributed by atoms with Gasteiger partial charge in [0, 0.05) is 70.7 Å². The number of sulfonamides is 1. The molecule has 3 heterocycles. The molecule has 2 fully saturated rings. The molecule has 26 heavy (non-hydrogen) atoms. The Bertz CT molecular complexity index is 689. The number of nitrogens with zero attached hydrogens (tertiary/aromatic N) is 5. The molecule has 0 amide bonds. The second kappa shape index (κ2) is 8.16. The quantitative estimate of drug-likeness (QED) is 0.748. The normalized spacial score (nSPS) is 25.2. The summed E-state index contributed by atoms with van der Waals surface area (Å²) in [5.41, 5.74) is 0.981. The van der Waals surface area contributed by atoms with Crippen LogP contribution in [-0.4, -0.2) is 84.8 Å². The maximum absolute atomic E-state index is 12.1. The summed E-state index contributed by atoms with van der Waals surface area (Å²) in [5, 5.41) is 10.2. The van der Waals surface area contributed by atoms with Crippen LogP contribution in [0.5, 0.6) is 0 Å². The molecular formula is C17H29N5O3S. The van der Waals surface area contributed by atoms with Crippen LogP contribution in [-0.2, 0) is 16.6 Å². The molecule has 1 aromatic rings. The number of rotatable bonds is 6. The Labute approximate surface area is 155 Å². The first-order valence-electron chi connectivity index (χ1n) is 9.21. The van der Waals surface area contributed by atoms with Gasteiger partial charge in [0.2, 0.25) is 16.0 Å². The third-order valence-electron chi connectivity index (χ3n) is 5.20. The average Bonchev–Trinajstić information content (AvgIpc) is 2.94. The summed E-state index contributed by atoms with van der Waals surface area (Å²) in [5.74, 6) is 0.489. The number of likely N-dealkylation sites (tertiary alicyclic amines) is 1. The van der Waals surface area contributed by atoms with Gasteiger partial charge >= 0.3 is 0 Å². The molecule has 2 aliphatic heterocycles. The lowest BCUT2D eigenvalue weighted by molar-refractivity contribution is 0.148. The van der Waals surface area contributed by atoms with Gasteiger partial charge in [0.25, 0.3) is 0 Å². The molecule has 146 valence electrons. The SMILES string of the molecule is CN(C)S(=O)(=O)C[C@@H]1CN(Cc2cnc(N3CCCCC3)nc2)C[C@@H]1O. The highest BCUT2D eigenvalue weighted by Crippen LogP contribution is 2.22. The van der Waals surface area contributed by atoms with Crippen molar-refractivity contribution in [1.82, 2.24) is 19.2 Å². The van der Waals surface area contributed by atoms with Crippen molar-refractivity contribution in [2.45, 2.75) is 31.9 Å². The number of hydrogen-bond donors (Lipinski definition) is 1. The van der Waals surface area contributed by atoms with Crippen LogP contribution in [0.4, 0.5) is 5.95 Å². The molecule has 2 saturated heterocycles. The van der Waals surface area contributed by atoms with Crippen LogP contribution in [0.25, 0.3) is 0 Å². The van der Waals surface area contributed by atoms with Crippen LogP contribution in [0.1, 0.15) is 24.8 Å². The predicted molar refractivity (Wildman–Crippen MR) is 100 cm³/mol. The molecular weight excluding hydrogens is 354 g/mol. The minimum atomic E-state index is -3.31. The Hall–Kier alpha value is -1.29. The zero-order valence-corrected chi connectivity index (χ0v) is 16.4. The highest BCUT2D eigenvalue weighted by atomic mass is 32.2. The third-order valence-corrected chi connectivity index (χ3v) is 7.16. The van der Waals surface area contributed by atoms with Crippen LogP contribution >= 0.6 is 0 Å². The van der Waals surface area contributed by atoms with E-state index in [4.69, 9.17) is 0 Å². The standard InChI is InChI=1S/C17H29N5O3S/c1-20(2)26(24,25)13-15-11-21(12-16(15)23)10-14-8-18-17(19-9-14)22-6-4-3-5-7-22/h8-9,15-16,23H,3-7,10-13H2,1-2H3/t15-,16-/m0/s1. The third kappa shape index (κ3) is 4.70. The highest BCUT2D eigenvalue weighted by Gasteiger charge is 2.35. The number of aliphatic hydroxyl groups is 1. The molecule has 2 atom stereocenters. The number of hydrogen-bond acceptors (Lipinski definition) is 7. The summed E-state index contributed by atoms with van der Waals surface area (Å²) in [6, 6.07) is 0. The van der Waals surface area contributed by atoms with Gasteiger partial charge in [-0.25, -0.2) is 22.7 Å². The number of piperidine rings is 1. The molecule has 0 radical (unpaired) electrons. The average molecular weight is 384 g/mol. The number of aliphatic hydroxyl groups excluding tert-OH is 1. The lowest BCUT2D eigenvalue weighted by Crippen LogP contribution is -2.33. The fraction of sp³-hybridized carbons (Fsp3) is 0.765. The highest BCUT2D eigenvalue weighted by molar-refractivity contribution is 7.89. The zero-order chi connectivity index (χ0) is 18.7. The van der Waals surface area contributed by atoms with Crippen molar-refractivity contribution in [3.8, 4) is 0 Å². The van der Waals surface area contributed by atoms with E-state index < -0.39 is 16.1 Å². The van der Waals surface area contributed by atoms with Gasteiger partial charge in [-0.05, 0) is 19.3 Å². The maximum Gasteiger partial charge on any atom is 0.225 e. The summed E-state index contributed by atoms with van der Waals surface area (Å²) < 4.78 is 25.3. The van der Waals surface area contributed by atoms with Crippen molar-refractivity contribution in [3.05, 3.63) is 18.0 Å². The summed E-state index contributed by atoms with van der Waals surface area (Å²) >= 11 is 0. The summed E-state index contributed by atoms with van der Waals surface area (Å²) in [6.45, 7) is 3.68. The molecule has 1 aromatic heterocycles. The second-order valence-electron chi connectivity index (χ2n) is 7.52. The molecule has 0 saturated carbocycles. The topological polar surface area (TPSA) is 89.9 Å². The van der Waals surface area contributed by atoms with E-state index in [0.717, 1.165) is 24.6 Å². The lowest BCUT2D eigenvalue weighted by atomic mass is 10.1. The minimum absolute atomic E-state index is 0.0257. The lowest BCUT2D eigenvalue weighted by Gasteiger charge is -2.26. The second-order valence-corrected chi connectivity index (χ2v) is 9.75. The van der Waals surface area contributed by atoms with Crippen molar-refractivity contribution < 1.29 is 13.5 Å². The molecule has 0 spiro atoms. The number of aromatic nitrogens is 2. The van der Waals surface area contributed by atoms with Gasteiger partial charge in [-0.3, -0.25) is 4.90 Å². The van der Waals surface area contributed by atoms with E-state index in [-0.39, 0.29) is 11.7 Å².